The molecular formula is C17H19BrN2O2S. The van der Waals surface area contributed by atoms with Gasteiger partial charge in [-0.25, -0.2) is 0 Å². The van der Waals surface area contributed by atoms with Gasteiger partial charge in [-0.15, -0.1) is 0 Å². The summed E-state index contributed by atoms with van der Waals surface area (Å²) in [5.41, 5.74) is 1.67. The van der Waals surface area contributed by atoms with Gasteiger partial charge in [0.15, 0.2) is 0 Å². The minimum absolute atomic E-state index is 0.187. The van der Waals surface area contributed by atoms with Crippen LogP contribution in [0.4, 0.5) is 0 Å². The molecule has 2 aromatic carbocycles. The van der Waals surface area contributed by atoms with Crippen LogP contribution in [-0.4, -0.2) is 14.1 Å². The highest BCUT2D eigenvalue weighted by atomic mass is 79.9. The molecule has 23 heavy (non-hydrogen) atoms. The molecule has 0 fully saturated rings. The number of benzene rings is 2. The molecule has 0 radical (unpaired) electrons. The van der Waals surface area contributed by atoms with Gasteiger partial charge in [0.05, 0.1) is 10.6 Å². The van der Waals surface area contributed by atoms with Crippen molar-refractivity contribution < 1.29 is 8.42 Å². The van der Waals surface area contributed by atoms with Crippen LogP contribution in [-0.2, 0) is 10.0 Å². The van der Waals surface area contributed by atoms with E-state index >= 15 is 0 Å². The average Bonchev–Trinajstić information content (AvgIpc) is 2.56. The van der Waals surface area contributed by atoms with Crippen molar-refractivity contribution in [3.05, 3.63) is 64.6 Å². The van der Waals surface area contributed by atoms with E-state index in [1.54, 1.807) is 12.1 Å². The summed E-state index contributed by atoms with van der Waals surface area (Å²) in [5, 5.41) is 4.17. The summed E-state index contributed by atoms with van der Waals surface area (Å²) < 4.78 is 25.5. The van der Waals surface area contributed by atoms with Crippen molar-refractivity contribution >= 4 is 31.7 Å². The fourth-order valence-corrected chi connectivity index (χ4v) is 3.12. The fraction of sp³-hybridized carbons (Fsp3) is 0.235. The van der Waals surface area contributed by atoms with Crippen molar-refractivity contribution in [1.82, 2.24) is 4.83 Å². The summed E-state index contributed by atoms with van der Waals surface area (Å²) in [5.74, 6) is 0. The smallest absolute Gasteiger partial charge is 0.200 e. The van der Waals surface area contributed by atoms with E-state index in [1.807, 2.05) is 30.3 Å². The Balaban J connectivity index is 2.23. The molecule has 4 nitrogen and oxygen atoms in total. The Labute approximate surface area is 145 Å². The van der Waals surface area contributed by atoms with Crippen LogP contribution in [0.5, 0.6) is 0 Å². The molecule has 0 unspecified atom stereocenters. The van der Waals surface area contributed by atoms with Crippen molar-refractivity contribution in [3.8, 4) is 0 Å². The molecule has 0 spiro atoms. The maximum Gasteiger partial charge on any atom is 0.276 e. The minimum Gasteiger partial charge on any atom is -0.200 e. The summed E-state index contributed by atoms with van der Waals surface area (Å²) >= 11 is 3.29. The Kier molecular flexibility index (Phi) is 6.36. The van der Waals surface area contributed by atoms with Crippen LogP contribution < -0.4 is 4.83 Å². The van der Waals surface area contributed by atoms with Crippen molar-refractivity contribution in [3.63, 3.8) is 0 Å². The summed E-state index contributed by atoms with van der Waals surface area (Å²) in [6.07, 6.45) is 2.70. The minimum atomic E-state index is -3.66. The Hall–Kier alpha value is -1.66. The number of hydrazone groups is 1. The number of unbranched alkanes of at least 4 members (excludes halogenated alkanes) is 1. The van der Waals surface area contributed by atoms with Gasteiger partial charge >= 0.3 is 0 Å². The molecule has 0 aliphatic carbocycles. The van der Waals surface area contributed by atoms with Gasteiger partial charge in [0.25, 0.3) is 10.0 Å². The van der Waals surface area contributed by atoms with E-state index in [0.717, 1.165) is 35.0 Å². The maximum absolute atomic E-state index is 12.3. The number of rotatable bonds is 7. The molecule has 0 bridgehead atoms. The van der Waals surface area contributed by atoms with Gasteiger partial charge in [0.2, 0.25) is 0 Å². The van der Waals surface area contributed by atoms with Crippen molar-refractivity contribution in [1.29, 1.82) is 0 Å². The average molecular weight is 395 g/mol. The monoisotopic (exact) mass is 394 g/mol. The number of hydrogen-bond donors (Lipinski definition) is 1. The van der Waals surface area contributed by atoms with Crippen LogP contribution in [0.3, 0.4) is 0 Å². The molecule has 122 valence electrons. The van der Waals surface area contributed by atoms with E-state index in [4.69, 9.17) is 0 Å². The van der Waals surface area contributed by atoms with Crippen LogP contribution in [0.1, 0.15) is 31.7 Å². The zero-order valence-electron chi connectivity index (χ0n) is 12.9. The van der Waals surface area contributed by atoms with Crippen molar-refractivity contribution in [2.45, 2.75) is 31.1 Å². The second-order valence-corrected chi connectivity index (χ2v) is 7.65. The normalized spacial score (nSPS) is 12.2. The van der Waals surface area contributed by atoms with Crippen LogP contribution in [0.25, 0.3) is 0 Å². The number of nitrogens with one attached hydrogen (secondary N) is 1. The lowest BCUT2D eigenvalue weighted by Gasteiger charge is -2.08. The molecule has 1 N–H and O–H groups in total. The first-order valence-electron chi connectivity index (χ1n) is 7.42. The first-order chi connectivity index (χ1) is 11.0. The molecule has 6 heteroatoms. The van der Waals surface area contributed by atoms with E-state index in [1.165, 1.54) is 12.1 Å². The van der Waals surface area contributed by atoms with Crippen molar-refractivity contribution in [2.24, 2.45) is 5.10 Å². The van der Waals surface area contributed by atoms with Gasteiger partial charge in [-0.2, -0.15) is 18.4 Å². The molecule has 0 aromatic heterocycles. The molecule has 0 aliphatic heterocycles. The Morgan fingerprint density at radius 3 is 2.35 bits per heavy atom. The molecule has 2 aromatic rings. The predicted molar refractivity (Wildman–Crippen MR) is 97.0 cm³/mol. The van der Waals surface area contributed by atoms with E-state index in [9.17, 15) is 8.42 Å². The first kappa shape index (κ1) is 17.7. The molecule has 0 heterocycles. The highest BCUT2D eigenvalue weighted by molar-refractivity contribution is 9.10. The summed E-state index contributed by atoms with van der Waals surface area (Å²) in [4.78, 5) is 2.53. The SMILES string of the molecule is CCCC/C(=N/NS(=O)(=O)c1ccc(Br)cc1)c1ccccc1. The zero-order chi connectivity index (χ0) is 16.7. The molecular weight excluding hydrogens is 376 g/mol. The van der Waals surface area contributed by atoms with Gasteiger partial charge in [-0.1, -0.05) is 59.6 Å². The van der Waals surface area contributed by atoms with E-state index < -0.39 is 10.0 Å². The standard InChI is InChI=1S/C17H19BrN2O2S/c1-2-3-9-17(14-7-5-4-6-8-14)19-20-23(21,22)16-12-10-15(18)11-13-16/h4-8,10-13,20H,2-3,9H2,1H3/b19-17-. The molecule has 0 aliphatic rings. The van der Waals surface area contributed by atoms with E-state index in [-0.39, 0.29) is 4.90 Å². The van der Waals surface area contributed by atoms with Crippen LogP contribution in [0.15, 0.2) is 69.1 Å². The van der Waals surface area contributed by atoms with Gasteiger partial charge in [0.1, 0.15) is 0 Å². The van der Waals surface area contributed by atoms with E-state index in [0.29, 0.717) is 0 Å². The molecule has 0 atom stereocenters. The molecule has 0 amide bonds. The number of hydrogen-bond acceptors (Lipinski definition) is 3. The third-order valence-corrected chi connectivity index (χ3v) is 5.05. The second-order valence-electron chi connectivity index (χ2n) is 5.08. The molecule has 0 saturated heterocycles. The summed E-state index contributed by atoms with van der Waals surface area (Å²) in [6.45, 7) is 2.09. The van der Waals surface area contributed by atoms with Gasteiger partial charge in [0, 0.05) is 4.47 Å². The summed E-state index contributed by atoms with van der Waals surface area (Å²) in [7, 11) is -3.66. The Morgan fingerprint density at radius 2 is 1.74 bits per heavy atom. The summed E-state index contributed by atoms with van der Waals surface area (Å²) in [6, 6.07) is 16.1. The number of sulfonamides is 1. The zero-order valence-corrected chi connectivity index (χ0v) is 15.3. The van der Waals surface area contributed by atoms with Gasteiger partial charge in [-0.05, 0) is 42.7 Å². The highest BCUT2D eigenvalue weighted by Crippen LogP contribution is 2.15. The quantitative estimate of drug-likeness (QED) is 0.561. The van der Waals surface area contributed by atoms with Gasteiger partial charge < -0.3 is 0 Å². The Bertz CT molecular complexity index is 757. The molecule has 2 rings (SSSR count). The van der Waals surface area contributed by atoms with Crippen LogP contribution in [0.2, 0.25) is 0 Å². The number of nitrogens with zero attached hydrogens (tertiary/aromatic N) is 1. The second kappa shape index (κ2) is 8.26. The Morgan fingerprint density at radius 1 is 1.09 bits per heavy atom. The first-order valence-corrected chi connectivity index (χ1v) is 9.70. The van der Waals surface area contributed by atoms with Crippen LogP contribution >= 0.6 is 15.9 Å². The van der Waals surface area contributed by atoms with Crippen LogP contribution in [0, 0.1) is 0 Å². The lowest BCUT2D eigenvalue weighted by atomic mass is 10.1. The largest absolute Gasteiger partial charge is 0.276 e. The maximum atomic E-state index is 12.3. The van der Waals surface area contributed by atoms with Crippen molar-refractivity contribution in [2.75, 3.05) is 0 Å². The third-order valence-electron chi connectivity index (χ3n) is 3.30. The lowest BCUT2D eigenvalue weighted by molar-refractivity contribution is 0.584. The highest BCUT2D eigenvalue weighted by Gasteiger charge is 2.13. The predicted octanol–water partition coefficient (Wildman–Crippen LogP) is 4.32. The van der Waals surface area contributed by atoms with E-state index in [2.05, 4.69) is 32.8 Å². The van der Waals surface area contributed by atoms with Gasteiger partial charge in [-0.3, -0.25) is 0 Å². The number of halogens is 1. The topological polar surface area (TPSA) is 58.5 Å². The third kappa shape index (κ3) is 5.18. The fourth-order valence-electron chi connectivity index (χ4n) is 2.02. The lowest BCUT2D eigenvalue weighted by Crippen LogP contribution is -2.20. The molecule has 0 saturated carbocycles.